The second kappa shape index (κ2) is 9.96. The van der Waals surface area contributed by atoms with Crippen molar-refractivity contribution in [1.82, 2.24) is 4.90 Å². The van der Waals surface area contributed by atoms with Gasteiger partial charge in [0.15, 0.2) is 11.5 Å². The zero-order valence-corrected chi connectivity index (χ0v) is 20.4. The second-order valence-electron chi connectivity index (χ2n) is 9.14. The molecule has 0 bridgehead atoms. The third-order valence-electron chi connectivity index (χ3n) is 7.03. The number of hydrogen-bond acceptors (Lipinski definition) is 5. The Morgan fingerprint density at radius 3 is 2.30 bits per heavy atom. The Labute approximate surface area is 197 Å². The lowest BCUT2D eigenvalue weighted by molar-refractivity contribution is -0.115. The van der Waals surface area contributed by atoms with Crippen LogP contribution < -0.4 is 14.8 Å². The van der Waals surface area contributed by atoms with Crippen LogP contribution in [-0.2, 0) is 11.3 Å². The maximum atomic E-state index is 12.9. The molecule has 2 aliphatic heterocycles. The van der Waals surface area contributed by atoms with Gasteiger partial charge in [-0.15, -0.1) is 0 Å². The fourth-order valence-electron chi connectivity index (χ4n) is 5.11. The zero-order valence-electron chi connectivity index (χ0n) is 20.4. The summed E-state index contributed by atoms with van der Waals surface area (Å²) in [7, 11) is 3.19. The number of benzene rings is 2. The average molecular weight is 450 g/mol. The Bertz CT molecular complexity index is 1020. The number of carbonyl (C=O) groups is 1. The smallest absolute Gasteiger partial charge is 0.237 e. The molecule has 6 nitrogen and oxygen atoms in total. The monoisotopic (exact) mass is 449 g/mol. The lowest BCUT2D eigenvalue weighted by atomic mass is 9.93. The van der Waals surface area contributed by atoms with Crippen molar-refractivity contribution in [3.8, 4) is 11.5 Å². The topological polar surface area (TPSA) is 63.2 Å². The quantitative estimate of drug-likeness (QED) is 0.552. The molecule has 33 heavy (non-hydrogen) atoms. The van der Waals surface area contributed by atoms with Crippen LogP contribution in [0.3, 0.4) is 0 Å². The van der Waals surface area contributed by atoms with E-state index in [-0.39, 0.29) is 5.91 Å². The summed E-state index contributed by atoms with van der Waals surface area (Å²) >= 11 is 0. The molecule has 3 unspecified atom stereocenters. The number of carbonyl (C=O) groups excluding carboxylic acids is 1. The van der Waals surface area contributed by atoms with E-state index in [4.69, 9.17) is 14.5 Å². The molecular formula is C27H35N3O3. The van der Waals surface area contributed by atoms with E-state index in [1.54, 1.807) is 14.2 Å². The first kappa shape index (κ1) is 23.3. The molecule has 6 heteroatoms. The van der Waals surface area contributed by atoms with Crippen molar-refractivity contribution in [3.63, 3.8) is 0 Å². The Morgan fingerprint density at radius 1 is 1.06 bits per heavy atom. The molecule has 0 aliphatic carbocycles. The number of amides is 1. The average Bonchev–Trinajstić information content (AvgIpc) is 3.14. The summed E-state index contributed by atoms with van der Waals surface area (Å²) in [5.74, 6) is 0.712. The fourth-order valence-corrected chi connectivity index (χ4v) is 5.11. The number of hydrogen-bond donors (Lipinski definition) is 1. The van der Waals surface area contributed by atoms with Crippen LogP contribution in [0.1, 0.15) is 63.5 Å². The van der Waals surface area contributed by atoms with Gasteiger partial charge in [-0.3, -0.25) is 14.7 Å². The molecule has 2 aromatic carbocycles. The number of likely N-dealkylation sites (tertiary alicyclic amines) is 1. The first-order chi connectivity index (χ1) is 15.9. The van der Waals surface area contributed by atoms with Crippen LogP contribution in [0.4, 0.5) is 11.4 Å². The maximum Gasteiger partial charge on any atom is 0.237 e. The highest BCUT2D eigenvalue weighted by molar-refractivity contribution is 6.19. The number of rotatable bonds is 7. The van der Waals surface area contributed by atoms with E-state index in [1.165, 1.54) is 24.8 Å². The number of methoxy groups -OCH3 is 2. The predicted octanol–water partition coefficient (Wildman–Crippen LogP) is 5.69. The number of fused-ring (bicyclic) bond motifs is 1. The van der Waals surface area contributed by atoms with Crippen molar-refractivity contribution in [1.29, 1.82) is 0 Å². The van der Waals surface area contributed by atoms with E-state index in [1.807, 2.05) is 19.1 Å². The van der Waals surface area contributed by atoms with Gasteiger partial charge < -0.3 is 14.8 Å². The van der Waals surface area contributed by atoms with E-state index < -0.39 is 5.92 Å². The molecule has 0 radical (unpaired) electrons. The SMILES string of the molecule is CCC(=Nc1ccc(CN2C(C)CCCC2C)cc1)C1C(=O)Nc2cc(OC)c(OC)cc21. The summed E-state index contributed by atoms with van der Waals surface area (Å²) in [6, 6.07) is 13.4. The largest absolute Gasteiger partial charge is 0.493 e. The van der Waals surface area contributed by atoms with Crippen molar-refractivity contribution in [2.24, 2.45) is 4.99 Å². The lowest BCUT2D eigenvalue weighted by Gasteiger charge is -2.39. The molecule has 1 amide bonds. The van der Waals surface area contributed by atoms with Gasteiger partial charge in [0.05, 0.1) is 19.9 Å². The van der Waals surface area contributed by atoms with Crippen molar-refractivity contribution in [2.45, 2.75) is 71.0 Å². The third-order valence-corrected chi connectivity index (χ3v) is 7.03. The van der Waals surface area contributed by atoms with Gasteiger partial charge in [-0.25, -0.2) is 0 Å². The van der Waals surface area contributed by atoms with Crippen LogP contribution >= 0.6 is 0 Å². The van der Waals surface area contributed by atoms with Crippen LogP contribution in [0.15, 0.2) is 41.4 Å². The number of piperidine rings is 1. The van der Waals surface area contributed by atoms with E-state index in [0.29, 0.717) is 30.0 Å². The van der Waals surface area contributed by atoms with Crippen LogP contribution in [0.25, 0.3) is 0 Å². The fraction of sp³-hybridized carbons (Fsp3) is 0.481. The first-order valence-electron chi connectivity index (χ1n) is 11.9. The van der Waals surface area contributed by atoms with Crippen LogP contribution in [0.2, 0.25) is 0 Å². The molecule has 2 heterocycles. The van der Waals surface area contributed by atoms with Gasteiger partial charge in [0.2, 0.25) is 5.91 Å². The van der Waals surface area contributed by atoms with Gasteiger partial charge in [0.25, 0.3) is 0 Å². The number of anilines is 1. The minimum atomic E-state index is -0.431. The highest BCUT2D eigenvalue weighted by Gasteiger charge is 2.35. The summed E-state index contributed by atoms with van der Waals surface area (Å²) < 4.78 is 10.8. The van der Waals surface area contributed by atoms with Gasteiger partial charge in [-0.2, -0.15) is 0 Å². The zero-order chi connectivity index (χ0) is 23.5. The summed E-state index contributed by atoms with van der Waals surface area (Å²) in [5.41, 5.74) is 4.64. The van der Waals surface area contributed by atoms with E-state index in [2.05, 4.69) is 48.3 Å². The molecule has 0 saturated carbocycles. The Hall–Kier alpha value is -2.86. The highest BCUT2D eigenvalue weighted by atomic mass is 16.5. The number of ether oxygens (including phenoxy) is 2. The Morgan fingerprint density at radius 2 is 1.70 bits per heavy atom. The molecule has 2 aliphatic rings. The maximum absolute atomic E-state index is 12.9. The normalized spacial score (nSPS) is 23.2. The standard InChI is InChI=1S/C27H35N3O3/c1-6-22(26-21-14-24(32-4)25(33-5)15-23(21)29-27(26)31)28-20-12-10-19(11-13-20)16-30-17(2)8-7-9-18(30)3/h10-15,17-18,26H,6-9,16H2,1-5H3,(H,29,31). The van der Waals surface area contributed by atoms with Gasteiger partial charge in [0.1, 0.15) is 5.92 Å². The van der Waals surface area contributed by atoms with E-state index in [0.717, 1.165) is 29.2 Å². The van der Waals surface area contributed by atoms with Gasteiger partial charge in [-0.1, -0.05) is 25.5 Å². The van der Waals surface area contributed by atoms with Gasteiger partial charge in [0, 0.05) is 36.1 Å². The summed E-state index contributed by atoms with van der Waals surface area (Å²) in [4.78, 5) is 20.4. The van der Waals surface area contributed by atoms with Crippen molar-refractivity contribution < 1.29 is 14.3 Å². The summed E-state index contributed by atoms with van der Waals surface area (Å²) in [6.45, 7) is 7.67. The molecule has 2 aromatic rings. The number of nitrogens with zero attached hydrogens (tertiary/aromatic N) is 2. The molecule has 1 N–H and O–H groups in total. The minimum absolute atomic E-state index is 0.0643. The van der Waals surface area contributed by atoms with Crippen LogP contribution in [0, 0.1) is 0 Å². The molecule has 1 saturated heterocycles. The highest BCUT2D eigenvalue weighted by Crippen LogP contribution is 2.42. The molecule has 3 atom stereocenters. The molecule has 0 spiro atoms. The Balaban J connectivity index is 1.57. The summed E-state index contributed by atoms with van der Waals surface area (Å²) in [6.07, 6.45) is 4.54. The van der Waals surface area contributed by atoms with E-state index >= 15 is 0 Å². The van der Waals surface area contributed by atoms with Crippen LogP contribution in [0.5, 0.6) is 11.5 Å². The van der Waals surface area contributed by atoms with Gasteiger partial charge in [-0.05, 0) is 62.4 Å². The number of nitrogens with one attached hydrogen (secondary N) is 1. The Kier molecular flexibility index (Phi) is 7.03. The molecule has 0 aromatic heterocycles. The minimum Gasteiger partial charge on any atom is -0.493 e. The van der Waals surface area contributed by atoms with Crippen molar-refractivity contribution in [3.05, 3.63) is 47.5 Å². The molecule has 4 rings (SSSR count). The molecule has 176 valence electrons. The van der Waals surface area contributed by atoms with E-state index in [9.17, 15) is 4.79 Å². The lowest BCUT2D eigenvalue weighted by Crippen LogP contribution is -2.42. The third kappa shape index (κ3) is 4.76. The molecular weight excluding hydrogens is 414 g/mol. The van der Waals surface area contributed by atoms with Gasteiger partial charge >= 0.3 is 0 Å². The summed E-state index contributed by atoms with van der Waals surface area (Å²) in [5, 5.41) is 2.98. The molecule has 1 fully saturated rings. The van der Waals surface area contributed by atoms with Crippen LogP contribution in [-0.4, -0.2) is 42.8 Å². The second-order valence-corrected chi connectivity index (χ2v) is 9.14. The predicted molar refractivity (Wildman–Crippen MR) is 133 cm³/mol. The van der Waals surface area contributed by atoms with Crippen molar-refractivity contribution >= 4 is 23.0 Å². The number of aliphatic imine (C=N–C) groups is 1. The van der Waals surface area contributed by atoms with Crippen molar-refractivity contribution in [2.75, 3.05) is 19.5 Å². The first-order valence-corrected chi connectivity index (χ1v) is 11.9.